The van der Waals surface area contributed by atoms with Gasteiger partial charge in [0.15, 0.2) is 0 Å². The monoisotopic (exact) mass is 242 g/mol. The number of fused-ring (bicyclic) bond motifs is 1. The summed E-state index contributed by atoms with van der Waals surface area (Å²) in [6.07, 6.45) is 4.90. The summed E-state index contributed by atoms with van der Waals surface area (Å²) < 4.78 is 5.37. The first-order valence-electron chi connectivity index (χ1n) is 6.21. The predicted molar refractivity (Wildman–Crippen MR) is 75.0 cm³/mol. The number of nitrogens with zero attached hydrogens (tertiary/aromatic N) is 2. The molecule has 0 aliphatic carbocycles. The maximum Gasteiger partial charge on any atom is 0.146 e. The summed E-state index contributed by atoms with van der Waals surface area (Å²) in [5.74, 6) is 0.778. The number of rotatable bonds is 2. The van der Waals surface area contributed by atoms with Crippen LogP contribution in [0.4, 0.5) is 0 Å². The Balaban J connectivity index is 2.99. The molecule has 1 aromatic heterocycles. The van der Waals surface area contributed by atoms with E-state index in [1.54, 1.807) is 7.11 Å². The molecule has 0 fully saturated rings. The Morgan fingerprint density at radius 3 is 2.17 bits per heavy atom. The van der Waals surface area contributed by atoms with E-state index >= 15 is 0 Å². The summed E-state index contributed by atoms with van der Waals surface area (Å²) in [7, 11) is 1.66. The first kappa shape index (κ1) is 12.6. The van der Waals surface area contributed by atoms with Gasteiger partial charge in [-0.2, -0.15) is 0 Å². The van der Waals surface area contributed by atoms with Crippen molar-refractivity contribution < 1.29 is 4.74 Å². The minimum atomic E-state index is 0.778. The molecule has 0 unspecified atom stereocenters. The summed E-state index contributed by atoms with van der Waals surface area (Å²) in [5.41, 5.74) is 2.98. The van der Waals surface area contributed by atoms with Crippen LogP contribution in [-0.4, -0.2) is 17.1 Å². The van der Waals surface area contributed by atoms with E-state index in [9.17, 15) is 0 Å². The first-order chi connectivity index (χ1) is 8.74. The molecule has 3 heteroatoms. The lowest BCUT2D eigenvalue weighted by atomic mass is 10.1. The second kappa shape index (κ2) is 5.17. The molecule has 0 aliphatic rings. The van der Waals surface area contributed by atoms with E-state index in [0.717, 1.165) is 33.9 Å². The Morgan fingerprint density at radius 1 is 1.06 bits per heavy atom. The van der Waals surface area contributed by atoms with Gasteiger partial charge in [0.2, 0.25) is 0 Å². The Hall–Kier alpha value is -1.90. The normalized spacial score (nSPS) is 13.3. The van der Waals surface area contributed by atoms with Crippen LogP contribution in [0.1, 0.15) is 26.3 Å². The fourth-order valence-corrected chi connectivity index (χ4v) is 2.07. The number of ether oxygens (including phenoxy) is 1. The molecular weight excluding hydrogens is 224 g/mol. The van der Waals surface area contributed by atoms with Crippen molar-refractivity contribution in [3.63, 3.8) is 0 Å². The predicted octanol–water partition coefficient (Wildman–Crippen LogP) is 1.80. The van der Waals surface area contributed by atoms with E-state index in [4.69, 9.17) is 9.72 Å². The number of methoxy groups -OCH3 is 1. The summed E-state index contributed by atoms with van der Waals surface area (Å²) in [4.78, 5) is 9.38. The van der Waals surface area contributed by atoms with Crippen molar-refractivity contribution in [2.45, 2.75) is 27.2 Å². The molecule has 0 atom stereocenters. The van der Waals surface area contributed by atoms with E-state index in [-0.39, 0.29) is 0 Å². The molecule has 0 bridgehead atoms. The Kier molecular flexibility index (Phi) is 3.60. The van der Waals surface area contributed by atoms with E-state index in [1.807, 2.05) is 32.1 Å². The molecule has 0 amide bonds. The second-order valence-corrected chi connectivity index (χ2v) is 4.05. The highest BCUT2D eigenvalue weighted by molar-refractivity contribution is 5.84. The smallest absolute Gasteiger partial charge is 0.146 e. The summed E-state index contributed by atoms with van der Waals surface area (Å²) in [6, 6.07) is 4.02. The van der Waals surface area contributed by atoms with Crippen LogP contribution in [0.15, 0.2) is 12.1 Å². The lowest BCUT2D eigenvalue weighted by Crippen LogP contribution is -2.31. The Bertz CT molecular complexity index is 629. The van der Waals surface area contributed by atoms with Gasteiger partial charge in [-0.05, 0) is 31.9 Å². The quantitative estimate of drug-likeness (QED) is 0.805. The lowest BCUT2D eigenvalue weighted by molar-refractivity contribution is 0.418. The molecule has 0 saturated heterocycles. The van der Waals surface area contributed by atoms with Crippen molar-refractivity contribution in [1.82, 2.24) is 9.97 Å². The van der Waals surface area contributed by atoms with E-state index < -0.39 is 0 Å². The maximum absolute atomic E-state index is 5.37. The van der Waals surface area contributed by atoms with Crippen LogP contribution in [0.5, 0.6) is 5.75 Å². The summed E-state index contributed by atoms with van der Waals surface area (Å²) in [5, 5.41) is 1.82. The van der Waals surface area contributed by atoms with Gasteiger partial charge in [-0.15, -0.1) is 0 Å². The van der Waals surface area contributed by atoms with Crippen LogP contribution in [0.3, 0.4) is 0 Å². The molecule has 0 aliphatic heterocycles. The topological polar surface area (TPSA) is 35.0 Å². The van der Waals surface area contributed by atoms with Crippen molar-refractivity contribution in [2.75, 3.05) is 7.11 Å². The number of aryl methyl sites for hydroxylation is 1. The average molecular weight is 242 g/mol. The van der Waals surface area contributed by atoms with Gasteiger partial charge >= 0.3 is 0 Å². The van der Waals surface area contributed by atoms with Gasteiger partial charge in [0.05, 0.1) is 23.3 Å². The van der Waals surface area contributed by atoms with Crippen LogP contribution < -0.4 is 15.4 Å². The second-order valence-electron chi connectivity index (χ2n) is 4.05. The molecule has 0 N–H and O–H groups in total. The van der Waals surface area contributed by atoms with Gasteiger partial charge in [-0.3, -0.25) is 0 Å². The van der Waals surface area contributed by atoms with Gasteiger partial charge in [0.1, 0.15) is 11.3 Å². The van der Waals surface area contributed by atoms with Gasteiger partial charge in [0, 0.05) is 0 Å². The van der Waals surface area contributed by atoms with Crippen LogP contribution in [0.25, 0.3) is 23.2 Å². The molecule has 94 valence electrons. The molecule has 0 radical (unpaired) electrons. The van der Waals surface area contributed by atoms with Crippen LogP contribution in [0, 0.1) is 0 Å². The highest BCUT2D eigenvalue weighted by Crippen LogP contribution is 2.23. The third-order valence-electron chi connectivity index (χ3n) is 3.07. The third kappa shape index (κ3) is 1.96. The standard InChI is InChI=1S/C15H18N2O/c1-5-10-8-9-13(18-4)15-14(10)16-11(6-2)12(7-3)17-15/h6-9H,5H2,1-4H3/b11-6+,12-7+. The molecule has 2 aromatic rings. The molecule has 2 rings (SSSR count). The summed E-state index contributed by atoms with van der Waals surface area (Å²) in [6.45, 7) is 6.08. The molecule has 3 nitrogen and oxygen atoms in total. The summed E-state index contributed by atoms with van der Waals surface area (Å²) >= 11 is 0. The number of benzene rings is 1. The Morgan fingerprint density at radius 2 is 1.67 bits per heavy atom. The van der Waals surface area contributed by atoms with Gasteiger partial charge in [0.25, 0.3) is 0 Å². The van der Waals surface area contributed by atoms with Crippen LogP contribution in [-0.2, 0) is 6.42 Å². The number of aromatic nitrogens is 2. The fraction of sp³-hybridized carbons (Fsp3) is 0.333. The lowest BCUT2D eigenvalue weighted by Gasteiger charge is -2.08. The molecular formula is C15H18N2O. The third-order valence-corrected chi connectivity index (χ3v) is 3.07. The van der Waals surface area contributed by atoms with Gasteiger partial charge < -0.3 is 4.74 Å². The largest absolute Gasteiger partial charge is 0.494 e. The van der Waals surface area contributed by atoms with Crippen molar-refractivity contribution >= 4 is 23.2 Å². The molecule has 1 heterocycles. The molecule has 1 aromatic carbocycles. The highest BCUT2D eigenvalue weighted by Gasteiger charge is 2.08. The molecule has 18 heavy (non-hydrogen) atoms. The number of hydrogen-bond donors (Lipinski definition) is 0. The Labute approximate surface area is 107 Å². The van der Waals surface area contributed by atoms with E-state index in [1.165, 1.54) is 5.56 Å². The maximum atomic E-state index is 5.37. The van der Waals surface area contributed by atoms with Gasteiger partial charge in [-0.25, -0.2) is 9.97 Å². The van der Waals surface area contributed by atoms with Crippen molar-refractivity contribution in [2.24, 2.45) is 0 Å². The fourth-order valence-electron chi connectivity index (χ4n) is 2.07. The highest BCUT2D eigenvalue weighted by atomic mass is 16.5. The van der Waals surface area contributed by atoms with Gasteiger partial charge in [-0.1, -0.05) is 25.1 Å². The zero-order valence-corrected chi connectivity index (χ0v) is 11.3. The van der Waals surface area contributed by atoms with Crippen molar-refractivity contribution in [1.29, 1.82) is 0 Å². The minimum absolute atomic E-state index is 0.778. The SMILES string of the molecule is C/C=c1/nc2c(CC)ccc(OC)c2n/c1=C/C. The van der Waals surface area contributed by atoms with Crippen molar-refractivity contribution in [3.05, 3.63) is 28.4 Å². The number of hydrogen-bond acceptors (Lipinski definition) is 3. The molecule has 0 saturated carbocycles. The van der Waals surface area contributed by atoms with Crippen LogP contribution >= 0.6 is 0 Å². The molecule has 0 spiro atoms. The zero-order chi connectivity index (χ0) is 13.1. The van der Waals surface area contributed by atoms with E-state index in [0.29, 0.717) is 0 Å². The minimum Gasteiger partial charge on any atom is -0.494 e. The van der Waals surface area contributed by atoms with E-state index in [2.05, 4.69) is 18.0 Å². The van der Waals surface area contributed by atoms with Crippen LogP contribution in [0.2, 0.25) is 0 Å². The van der Waals surface area contributed by atoms with Crippen molar-refractivity contribution in [3.8, 4) is 5.75 Å². The zero-order valence-electron chi connectivity index (χ0n) is 11.3. The average Bonchev–Trinajstić information content (AvgIpc) is 2.44. The first-order valence-corrected chi connectivity index (χ1v) is 6.21.